The van der Waals surface area contributed by atoms with Gasteiger partial charge in [0, 0.05) is 19.0 Å². The second-order valence-electron chi connectivity index (χ2n) is 6.08. The molecule has 0 radical (unpaired) electrons. The Bertz CT molecular complexity index is 884. The normalized spacial score (nSPS) is 15.2. The van der Waals surface area contributed by atoms with E-state index in [1.54, 1.807) is 12.0 Å². The highest BCUT2D eigenvalue weighted by Gasteiger charge is 2.28. The number of nitrogens with one attached hydrogen (secondary N) is 1. The van der Waals surface area contributed by atoms with Crippen LogP contribution >= 0.6 is 0 Å². The average molecular weight is 354 g/mol. The van der Waals surface area contributed by atoms with E-state index in [1.807, 2.05) is 24.3 Å². The number of hydrogen-bond acceptors (Lipinski definition) is 7. The fourth-order valence-corrected chi connectivity index (χ4v) is 3.14. The second-order valence-corrected chi connectivity index (χ2v) is 6.08. The van der Waals surface area contributed by atoms with E-state index in [4.69, 9.17) is 9.26 Å². The first-order chi connectivity index (χ1) is 12.8. The summed E-state index contributed by atoms with van der Waals surface area (Å²) >= 11 is 0. The van der Waals surface area contributed by atoms with Crippen LogP contribution in [0.25, 0.3) is 11.5 Å². The number of carbonyl (C=O) groups is 1. The van der Waals surface area contributed by atoms with Gasteiger partial charge < -0.3 is 14.2 Å². The van der Waals surface area contributed by atoms with Gasteiger partial charge in [-0.25, -0.2) is 0 Å². The summed E-state index contributed by atoms with van der Waals surface area (Å²) in [7, 11) is 1.61. The Morgan fingerprint density at radius 1 is 1.31 bits per heavy atom. The minimum Gasteiger partial charge on any atom is -0.496 e. The largest absolute Gasteiger partial charge is 0.496 e. The molecular weight excluding hydrogens is 336 g/mol. The number of rotatable bonds is 4. The van der Waals surface area contributed by atoms with Crippen LogP contribution in [0.4, 0.5) is 0 Å². The van der Waals surface area contributed by atoms with Gasteiger partial charge >= 0.3 is 0 Å². The summed E-state index contributed by atoms with van der Waals surface area (Å²) in [5.41, 5.74) is 1.11. The first kappa shape index (κ1) is 16.2. The number of aromatic amines is 1. The molecule has 1 aliphatic heterocycles. The van der Waals surface area contributed by atoms with Crippen LogP contribution < -0.4 is 4.74 Å². The number of carbonyl (C=O) groups excluding carboxylic acids is 1. The lowest BCUT2D eigenvalue weighted by Gasteiger charge is -2.29. The highest BCUT2D eigenvalue weighted by atomic mass is 16.5. The molecule has 0 aliphatic carbocycles. The number of aromatic nitrogens is 5. The zero-order valence-corrected chi connectivity index (χ0v) is 14.3. The van der Waals surface area contributed by atoms with Gasteiger partial charge in [-0.15, -0.1) is 0 Å². The maximum Gasteiger partial charge on any atom is 0.276 e. The SMILES string of the molecule is COc1ccccc1-c1nc(C2CCN(C(=O)c3cn[nH]n3)CC2)no1. The molecule has 4 rings (SSSR count). The first-order valence-corrected chi connectivity index (χ1v) is 8.38. The Kier molecular flexibility index (Phi) is 4.34. The standard InChI is InChI=1S/C17H18N6O3/c1-25-14-5-3-2-4-12(14)16-19-15(21-26-16)11-6-8-23(9-7-11)17(24)13-10-18-22-20-13/h2-5,10-11H,6-9H2,1H3,(H,18,20,22). The topological polar surface area (TPSA) is 110 Å². The zero-order chi connectivity index (χ0) is 17.9. The molecule has 2 aromatic heterocycles. The van der Waals surface area contributed by atoms with E-state index in [0.717, 1.165) is 18.4 Å². The number of nitrogens with zero attached hydrogens (tertiary/aromatic N) is 5. The maximum atomic E-state index is 12.3. The molecule has 1 N–H and O–H groups in total. The number of para-hydroxylation sites is 1. The molecule has 1 amide bonds. The van der Waals surface area contributed by atoms with E-state index in [0.29, 0.717) is 36.2 Å². The van der Waals surface area contributed by atoms with Crippen molar-refractivity contribution in [1.82, 2.24) is 30.5 Å². The third-order valence-corrected chi connectivity index (χ3v) is 4.56. The predicted molar refractivity (Wildman–Crippen MR) is 90.5 cm³/mol. The first-order valence-electron chi connectivity index (χ1n) is 8.38. The predicted octanol–water partition coefficient (Wildman–Crippen LogP) is 1.88. The summed E-state index contributed by atoms with van der Waals surface area (Å²) in [6.07, 6.45) is 2.98. The van der Waals surface area contributed by atoms with Gasteiger partial charge in [0.25, 0.3) is 11.8 Å². The Labute approximate surface area is 149 Å². The van der Waals surface area contributed by atoms with Gasteiger partial charge in [-0.1, -0.05) is 17.3 Å². The van der Waals surface area contributed by atoms with Crippen molar-refractivity contribution in [3.05, 3.63) is 42.0 Å². The number of amides is 1. The van der Waals surface area contributed by atoms with Crippen LogP contribution in [-0.4, -0.2) is 56.6 Å². The fourth-order valence-electron chi connectivity index (χ4n) is 3.14. The highest BCUT2D eigenvalue weighted by Crippen LogP contribution is 2.31. The number of methoxy groups -OCH3 is 1. The molecule has 1 fully saturated rings. The van der Waals surface area contributed by atoms with Gasteiger partial charge in [0.05, 0.1) is 18.9 Å². The molecule has 0 atom stereocenters. The summed E-state index contributed by atoms with van der Waals surface area (Å²) in [5, 5.41) is 14.1. The lowest BCUT2D eigenvalue weighted by atomic mass is 9.96. The number of piperidine rings is 1. The minimum atomic E-state index is -0.111. The van der Waals surface area contributed by atoms with E-state index in [1.165, 1.54) is 6.20 Å². The van der Waals surface area contributed by atoms with Crippen LogP contribution in [0.1, 0.15) is 35.1 Å². The van der Waals surface area contributed by atoms with Crippen molar-refractivity contribution >= 4 is 5.91 Å². The zero-order valence-electron chi connectivity index (χ0n) is 14.3. The Balaban J connectivity index is 1.44. The summed E-state index contributed by atoms with van der Waals surface area (Å²) < 4.78 is 10.8. The summed E-state index contributed by atoms with van der Waals surface area (Å²) in [4.78, 5) is 18.6. The van der Waals surface area contributed by atoms with Crippen molar-refractivity contribution in [3.63, 3.8) is 0 Å². The number of ether oxygens (including phenoxy) is 1. The van der Waals surface area contributed by atoms with Crippen LogP contribution in [-0.2, 0) is 0 Å². The molecule has 3 heterocycles. The number of H-pyrrole nitrogens is 1. The Hall–Kier alpha value is -3.23. The molecule has 0 spiro atoms. The smallest absolute Gasteiger partial charge is 0.276 e. The lowest BCUT2D eigenvalue weighted by molar-refractivity contribution is 0.0704. The quantitative estimate of drug-likeness (QED) is 0.761. The molecule has 9 nitrogen and oxygen atoms in total. The number of benzene rings is 1. The molecule has 26 heavy (non-hydrogen) atoms. The van der Waals surface area contributed by atoms with Crippen LogP contribution in [0, 0.1) is 0 Å². The lowest BCUT2D eigenvalue weighted by Crippen LogP contribution is -2.38. The third kappa shape index (κ3) is 3.03. The average Bonchev–Trinajstić information content (AvgIpc) is 3.39. The van der Waals surface area contributed by atoms with Crippen LogP contribution in [0.15, 0.2) is 35.0 Å². The van der Waals surface area contributed by atoms with Gasteiger partial charge in [0.15, 0.2) is 11.5 Å². The monoisotopic (exact) mass is 354 g/mol. The van der Waals surface area contributed by atoms with Crippen molar-refractivity contribution < 1.29 is 14.1 Å². The van der Waals surface area contributed by atoms with E-state index in [-0.39, 0.29) is 11.8 Å². The molecular formula is C17H18N6O3. The highest BCUT2D eigenvalue weighted by molar-refractivity contribution is 5.91. The van der Waals surface area contributed by atoms with Crippen LogP contribution in [0.3, 0.4) is 0 Å². The number of hydrogen-bond donors (Lipinski definition) is 1. The summed E-state index contributed by atoms with van der Waals surface area (Å²) in [6, 6.07) is 7.53. The van der Waals surface area contributed by atoms with Gasteiger partial charge in [0.1, 0.15) is 5.75 Å². The Morgan fingerprint density at radius 3 is 2.85 bits per heavy atom. The van der Waals surface area contributed by atoms with Gasteiger partial charge in [-0.05, 0) is 25.0 Å². The van der Waals surface area contributed by atoms with Gasteiger partial charge in [-0.3, -0.25) is 4.79 Å². The second kappa shape index (κ2) is 6.95. The van der Waals surface area contributed by atoms with Crippen molar-refractivity contribution in [2.24, 2.45) is 0 Å². The minimum absolute atomic E-state index is 0.111. The Morgan fingerprint density at radius 2 is 2.12 bits per heavy atom. The van der Waals surface area contributed by atoms with E-state index < -0.39 is 0 Å². The van der Waals surface area contributed by atoms with Crippen molar-refractivity contribution in [2.45, 2.75) is 18.8 Å². The van der Waals surface area contributed by atoms with E-state index in [9.17, 15) is 4.79 Å². The fraction of sp³-hybridized carbons (Fsp3) is 0.353. The van der Waals surface area contributed by atoms with Crippen LogP contribution in [0.5, 0.6) is 5.75 Å². The molecule has 1 saturated heterocycles. The van der Waals surface area contributed by atoms with E-state index in [2.05, 4.69) is 25.6 Å². The van der Waals surface area contributed by atoms with Crippen molar-refractivity contribution in [3.8, 4) is 17.2 Å². The molecule has 1 aromatic carbocycles. The van der Waals surface area contributed by atoms with E-state index >= 15 is 0 Å². The molecule has 0 saturated carbocycles. The molecule has 134 valence electrons. The molecule has 0 bridgehead atoms. The third-order valence-electron chi connectivity index (χ3n) is 4.56. The molecule has 0 unspecified atom stereocenters. The summed E-state index contributed by atoms with van der Waals surface area (Å²) in [6.45, 7) is 1.24. The molecule has 9 heteroatoms. The summed E-state index contributed by atoms with van der Waals surface area (Å²) in [5.74, 6) is 1.84. The van der Waals surface area contributed by atoms with Crippen molar-refractivity contribution in [1.29, 1.82) is 0 Å². The molecule has 3 aromatic rings. The van der Waals surface area contributed by atoms with Gasteiger partial charge in [-0.2, -0.15) is 20.4 Å². The van der Waals surface area contributed by atoms with Crippen molar-refractivity contribution in [2.75, 3.05) is 20.2 Å². The van der Waals surface area contributed by atoms with Crippen LogP contribution in [0.2, 0.25) is 0 Å². The molecule has 1 aliphatic rings. The maximum absolute atomic E-state index is 12.3. The number of likely N-dealkylation sites (tertiary alicyclic amines) is 1. The van der Waals surface area contributed by atoms with Gasteiger partial charge in [0.2, 0.25) is 0 Å².